The Morgan fingerprint density at radius 3 is 2.00 bits per heavy atom. The Hall–Kier alpha value is -0.820. The zero-order chi connectivity index (χ0) is 14.9. The molecule has 0 bridgehead atoms. The van der Waals surface area contributed by atoms with Crippen LogP contribution in [0.3, 0.4) is 0 Å². The van der Waals surface area contributed by atoms with Gasteiger partial charge in [-0.1, -0.05) is 48.6 Å². The Labute approximate surface area is 130 Å². The molecule has 1 aliphatic heterocycles. The normalized spacial score (nSPS) is 34.7. The van der Waals surface area contributed by atoms with Crippen molar-refractivity contribution in [3.8, 4) is 0 Å². The Kier molecular flexibility index (Phi) is 4.40. The summed E-state index contributed by atoms with van der Waals surface area (Å²) in [6.45, 7) is 0.666. The number of fused-ring (bicyclic) bond motifs is 2. The fourth-order valence-corrected chi connectivity index (χ4v) is 5.14. The summed E-state index contributed by atoms with van der Waals surface area (Å²) in [6.07, 6.45) is 17.5. The molecule has 0 amide bonds. The maximum atomic E-state index is 10.9. The number of nitrogens with zero attached hydrogens (tertiary/aromatic N) is 1. The summed E-state index contributed by atoms with van der Waals surface area (Å²) in [4.78, 5) is 2.36. The van der Waals surface area contributed by atoms with E-state index in [1.807, 2.05) is 11.8 Å². The van der Waals surface area contributed by atoms with Crippen LogP contribution < -0.4 is 0 Å². The number of allylic oxidation sites excluding steroid dienone is 4. The summed E-state index contributed by atoms with van der Waals surface area (Å²) in [5.74, 6) is -0.176. The van der Waals surface area contributed by atoms with Gasteiger partial charge in [0.05, 0.1) is 5.75 Å². The van der Waals surface area contributed by atoms with E-state index in [4.69, 9.17) is 4.55 Å². The van der Waals surface area contributed by atoms with Gasteiger partial charge >= 0.3 is 0 Å². The summed E-state index contributed by atoms with van der Waals surface area (Å²) in [7, 11) is -3.88. The Morgan fingerprint density at radius 2 is 1.48 bits per heavy atom. The average molecular weight is 325 g/mol. The third-order valence-electron chi connectivity index (χ3n) is 4.01. The lowest BCUT2D eigenvalue weighted by Gasteiger charge is -2.48. The van der Waals surface area contributed by atoms with Crippen molar-refractivity contribution in [2.75, 3.05) is 12.3 Å². The monoisotopic (exact) mass is 325 g/mol. The van der Waals surface area contributed by atoms with Gasteiger partial charge in [0.1, 0.15) is 0 Å². The molecule has 0 aromatic rings. The molecule has 6 heteroatoms. The van der Waals surface area contributed by atoms with E-state index in [0.29, 0.717) is 35.5 Å². The predicted octanol–water partition coefficient (Wildman–Crippen LogP) is 2.04. The van der Waals surface area contributed by atoms with Crippen molar-refractivity contribution in [2.24, 2.45) is 0 Å². The lowest BCUT2D eigenvalue weighted by atomic mass is 9.98. The van der Waals surface area contributed by atoms with Crippen molar-refractivity contribution in [3.63, 3.8) is 0 Å². The van der Waals surface area contributed by atoms with Gasteiger partial charge in [-0.15, -0.1) is 11.8 Å². The van der Waals surface area contributed by atoms with E-state index in [-0.39, 0.29) is 5.75 Å². The lowest BCUT2D eigenvalue weighted by molar-refractivity contribution is 0.185. The van der Waals surface area contributed by atoms with Gasteiger partial charge in [-0.2, -0.15) is 8.42 Å². The second-order valence-electron chi connectivity index (χ2n) is 5.46. The van der Waals surface area contributed by atoms with E-state index in [0.717, 1.165) is 0 Å². The third-order valence-corrected chi connectivity index (χ3v) is 6.32. The van der Waals surface area contributed by atoms with Crippen molar-refractivity contribution in [2.45, 2.75) is 29.0 Å². The minimum atomic E-state index is -3.88. The van der Waals surface area contributed by atoms with Crippen LogP contribution in [0.5, 0.6) is 0 Å². The van der Waals surface area contributed by atoms with E-state index in [2.05, 4.69) is 53.5 Å². The molecular weight excluding hydrogens is 306 g/mol. The van der Waals surface area contributed by atoms with E-state index < -0.39 is 10.1 Å². The summed E-state index contributed by atoms with van der Waals surface area (Å²) in [5.41, 5.74) is 0. The van der Waals surface area contributed by atoms with Crippen molar-refractivity contribution >= 4 is 21.9 Å². The second kappa shape index (κ2) is 6.12. The highest BCUT2D eigenvalue weighted by Crippen LogP contribution is 2.39. The summed E-state index contributed by atoms with van der Waals surface area (Å²) in [6, 6.07) is 0.581. The predicted molar refractivity (Wildman–Crippen MR) is 87.0 cm³/mol. The molecule has 1 heterocycles. The summed E-state index contributed by atoms with van der Waals surface area (Å²) >= 11 is 1.96. The SMILES string of the molecule is O=S(=O)(O)CCCN1C2C=CC=CC2SC2C=CC=CC21. The summed E-state index contributed by atoms with van der Waals surface area (Å²) < 4.78 is 30.8. The third kappa shape index (κ3) is 3.51. The number of thioether (sulfide) groups is 1. The first-order chi connectivity index (χ1) is 10.0. The van der Waals surface area contributed by atoms with Gasteiger partial charge in [-0.25, -0.2) is 0 Å². The molecule has 3 rings (SSSR count). The van der Waals surface area contributed by atoms with Crippen LogP contribution in [0.2, 0.25) is 0 Å². The molecule has 0 spiro atoms. The molecule has 21 heavy (non-hydrogen) atoms. The van der Waals surface area contributed by atoms with Gasteiger partial charge in [0.25, 0.3) is 10.1 Å². The second-order valence-corrected chi connectivity index (χ2v) is 8.40. The number of hydrogen-bond acceptors (Lipinski definition) is 4. The molecule has 4 atom stereocenters. The highest BCUT2D eigenvalue weighted by molar-refractivity contribution is 8.01. The van der Waals surface area contributed by atoms with E-state index >= 15 is 0 Å². The topological polar surface area (TPSA) is 57.6 Å². The maximum absolute atomic E-state index is 10.9. The van der Waals surface area contributed by atoms with Crippen LogP contribution in [-0.4, -0.2) is 52.8 Å². The van der Waals surface area contributed by atoms with Crippen LogP contribution in [0.1, 0.15) is 6.42 Å². The van der Waals surface area contributed by atoms with Gasteiger partial charge in [-0.05, 0) is 6.42 Å². The molecule has 3 aliphatic rings. The smallest absolute Gasteiger partial charge is 0.264 e. The standard InChI is InChI=1S/C15H19NO3S2/c17-21(18,19)11-5-10-16-12-6-1-3-8-14(12)20-15-9-4-2-7-13(15)16/h1-4,6-9,12-15H,5,10-11H2,(H,17,18,19). The van der Waals surface area contributed by atoms with Crippen molar-refractivity contribution in [1.29, 1.82) is 0 Å². The first-order valence-electron chi connectivity index (χ1n) is 7.11. The van der Waals surface area contributed by atoms with Crippen LogP contribution in [0.15, 0.2) is 48.6 Å². The Morgan fingerprint density at radius 1 is 0.952 bits per heavy atom. The average Bonchev–Trinajstić information content (AvgIpc) is 2.45. The van der Waals surface area contributed by atoms with Crippen LogP contribution in [0.25, 0.3) is 0 Å². The van der Waals surface area contributed by atoms with Gasteiger partial charge in [0.15, 0.2) is 0 Å². The molecule has 0 aromatic carbocycles. The molecule has 0 radical (unpaired) electrons. The molecule has 4 nitrogen and oxygen atoms in total. The molecule has 114 valence electrons. The van der Waals surface area contributed by atoms with Crippen LogP contribution in [0, 0.1) is 0 Å². The fraction of sp³-hybridized carbons (Fsp3) is 0.467. The van der Waals surface area contributed by atoms with Crippen LogP contribution in [-0.2, 0) is 10.1 Å². The first kappa shape index (κ1) is 15.1. The molecule has 2 aliphatic carbocycles. The maximum Gasteiger partial charge on any atom is 0.264 e. The van der Waals surface area contributed by atoms with Gasteiger partial charge in [-0.3, -0.25) is 9.45 Å². The zero-order valence-corrected chi connectivity index (χ0v) is 13.2. The van der Waals surface area contributed by atoms with E-state index in [9.17, 15) is 8.42 Å². The minimum absolute atomic E-state index is 0.176. The van der Waals surface area contributed by atoms with E-state index in [1.54, 1.807) is 0 Å². The Balaban J connectivity index is 1.76. The quantitative estimate of drug-likeness (QED) is 0.802. The van der Waals surface area contributed by atoms with Crippen LogP contribution in [0.4, 0.5) is 0 Å². The molecular formula is C15H19NO3S2. The molecule has 1 saturated heterocycles. The van der Waals surface area contributed by atoms with Crippen LogP contribution >= 0.6 is 11.8 Å². The molecule has 0 aromatic heterocycles. The number of rotatable bonds is 4. The fourth-order valence-electron chi connectivity index (χ4n) is 3.11. The minimum Gasteiger partial charge on any atom is -0.288 e. The van der Waals surface area contributed by atoms with Gasteiger partial charge in [0.2, 0.25) is 0 Å². The largest absolute Gasteiger partial charge is 0.288 e. The van der Waals surface area contributed by atoms with Crippen molar-refractivity contribution in [1.82, 2.24) is 4.90 Å². The molecule has 1 fully saturated rings. The molecule has 0 saturated carbocycles. The first-order valence-corrected chi connectivity index (χ1v) is 9.66. The van der Waals surface area contributed by atoms with Gasteiger partial charge < -0.3 is 0 Å². The van der Waals surface area contributed by atoms with Gasteiger partial charge in [0, 0.05) is 29.1 Å². The van der Waals surface area contributed by atoms with E-state index in [1.165, 1.54) is 0 Å². The highest BCUT2D eigenvalue weighted by Gasteiger charge is 2.40. The Bertz CT molecular complexity index is 572. The lowest BCUT2D eigenvalue weighted by Crippen LogP contribution is -2.55. The molecule has 4 unspecified atom stereocenters. The summed E-state index contributed by atoms with van der Waals surface area (Å²) in [5, 5.41) is 0.802. The van der Waals surface area contributed by atoms with Crippen molar-refractivity contribution in [3.05, 3.63) is 48.6 Å². The number of hydrogen-bond donors (Lipinski definition) is 1. The molecule has 1 N–H and O–H groups in total. The zero-order valence-electron chi connectivity index (χ0n) is 11.6. The highest BCUT2D eigenvalue weighted by atomic mass is 32.2. The van der Waals surface area contributed by atoms with Crippen molar-refractivity contribution < 1.29 is 13.0 Å².